The Labute approximate surface area is 401 Å². The summed E-state index contributed by atoms with van der Waals surface area (Å²) in [6.07, 6.45) is 2.60. The van der Waals surface area contributed by atoms with Gasteiger partial charge >= 0.3 is 5.97 Å². The quantitative estimate of drug-likeness (QED) is 0.0636. The van der Waals surface area contributed by atoms with E-state index in [4.69, 9.17) is 9.47 Å². The molecule has 8 N–H and O–H groups in total. The summed E-state index contributed by atoms with van der Waals surface area (Å²) in [7, 11) is 0. The van der Waals surface area contributed by atoms with Gasteiger partial charge in [0.1, 0.15) is 36.7 Å². The summed E-state index contributed by atoms with van der Waals surface area (Å²) in [5, 5.41) is 85.9. The van der Waals surface area contributed by atoms with Crippen molar-refractivity contribution >= 4 is 34.5 Å². The molecular formula is C47H59N11O12. The minimum atomic E-state index is -2.67. The predicted molar refractivity (Wildman–Crippen MR) is 246 cm³/mol. The summed E-state index contributed by atoms with van der Waals surface area (Å²) in [6, 6.07) is 7.67. The number of amides is 3. The Kier molecular flexibility index (Phi) is 15.3. The second kappa shape index (κ2) is 21.5. The zero-order valence-electron chi connectivity index (χ0n) is 38.9. The van der Waals surface area contributed by atoms with Gasteiger partial charge in [0, 0.05) is 36.0 Å². The molecule has 23 heteroatoms. The highest BCUT2D eigenvalue weighted by Crippen LogP contribution is 2.37. The first-order valence-electron chi connectivity index (χ1n) is 23.6. The van der Waals surface area contributed by atoms with E-state index in [-0.39, 0.29) is 48.8 Å². The third-order valence-electron chi connectivity index (χ3n) is 13.4. The van der Waals surface area contributed by atoms with E-state index in [2.05, 4.69) is 41.7 Å². The van der Waals surface area contributed by atoms with E-state index in [1.165, 1.54) is 32.4 Å². The molecule has 3 amide bonds. The fraction of sp³-hybridized carbons (Fsp3) is 0.532. The zero-order chi connectivity index (χ0) is 49.7. The molecule has 8 atom stereocenters. The molecule has 1 aliphatic heterocycles. The number of nitrogens with zero attached hydrogens (tertiary/aromatic N) is 8. The van der Waals surface area contributed by atoms with Crippen molar-refractivity contribution in [3.8, 4) is 5.75 Å². The van der Waals surface area contributed by atoms with Crippen molar-refractivity contribution < 1.29 is 54.2 Å². The largest absolute Gasteiger partial charge is 0.507 e. The lowest BCUT2D eigenvalue weighted by Crippen LogP contribution is -2.69. The van der Waals surface area contributed by atoms with Crippen LogP contribution in [0, 0.1) is 13.8 Å². The van der Waals surface area contributed by atoms with Gasteiger partial charge in [-0.05, 0) is 68.9 Å². The molecule has 0 radical (unpaired) electrons. The Morgan fingerprint density at radius 3 is 2.31 bits per heavy atom. The molecule has 23 nitrogen and oxygen atoms in total. The van der Waals surface area contributed by atoms with Crippen LogP contribution in [-0.4, -0.2) is 144 Å². The number of aryl methyl sites for hydroxylation is 2. The molecule has 2 saturated carbocycles. The SMILES string of the molecule is Cc1cc(C(=O)NC[C@@H](O)[C@@H](O)[C@@H]2O[C@@](OC3CCCCC3NC(=O)Cn3cc(Cn4ncc5ccccc5c4=O)nn3)(C(=O)O)C[C@H](O)[C@H]2NC(=O)Cn2cc(C3CCCCC3)nn2)cc(C)c1O. The second-order valence-corrected chi connectivity index (χ2v) is 18.6. The van der Waals surface area contributed by atoms with E-state index < -0.39 is 85.0 Å². The van der Waals surface area contributed by atoms with E-state index in [1.54, 1.807) is 50.5 Å². The van der Waals surface area contributed by atoms with Gasteiger partial charge < -0.3 is 51.0 Å². The Morgan fingerprint density at radius 2 is 1.57 bits per heavy atom. The average molecular weight is 970 g/mol. The van der Waals surface area contributed by atoms with Gasteiger partial charge in [-0.15, -0.1) is 10.2 Å². The molecule has 0 spiro atoms. The summed E-state index contributed by atoms with van der Waals surface area (Å²) in [5.74, 6) is -5.98. The van der Waals surface area contributed by atoms with Crippen LogP contribution < -0.4 is 21.5 Å². The monoisotopic (exact) mass is 969 g/mol. The number of hydrogen-bond acceptors (Lipinski definition) is 16. The summed E-state index contributed by atoms with van der Waals surface area (Å²) in [4.78, 5) is 66.7. The molecule has 3 aromatic heterocycles. The Balaban J connectivity index is 0.965. The van der Waals surface area contributed by atoms with Gasteiger partial charge in [-0.3, -0.25) is 19.2 Å². The standard InChI is InChI=1S/C47H59N11O12/c1-26-16-30(17-27(2)41(26)63)44(65)48-20-36(60)42(64)43-40(51-39(62)25-57-23-34(53-55-57)28-10-4-3-5-11-28)35(59)18-47(70-43,46(67)68)69-37-15-9-8-14-33(37)50-38(61)24-56-21-31(52-54-56)22-58-45(66)32-13-7-6-12-29(32)19-49-58/h6-7,12-13,16-17,19,21,23,28,33,35-37,40,42-43,59-60,63-64H,3-5,8-11,14-15,18,20,22,24-25H2,1-2H3,(H,48,65)(H,50,61)(H,51,62)(H,67,68)/t33?,35-,36+,37?,40+,42+,43+,47+/m0/s1. The third-order valence-corrected chi connectivity index (χ3v) is 13.4. The van der Waals surface area contributed by atoms with E-state index in [0.717, 1.165) is 37.8 Å². The molecule has 2 unspecified atom stereocenters. The molecule has 1 saturated heterocycles. The van der Waals surface area contributed by atoms with Crippen molar-refractivity contribution in [2.75, 3.05) is 6.54 Å². The van der Waals surface area contributed by atoms with Crippen LogP contribution in [0.25, 0.3) is 10.8 Å². The summed E-state index contributed by atoms with van der Waals surface area (Å²) in [6.45, 7) is 2.01. The van der Waals surface area contributed by atoms with Gasteiger partial charge in [0.05, 0.1) is 60.4 Å². The van der Waals surface area contributed by atoms with Crippen LogP contribution in [0.15, 0.2) is 59.8 Å². The molecule has 2 aromatic carbocycles. The van der Waals surface area contributed by atoms with Crippen molar-refractivity contribution in [2.24, 2.45) is 0 Å². The number of phenols is 1. The number of rotatable bonds is 17. The number of aromatic nitrogens is 8. The van der Waals surface area contributed by atoms with Gasteiger partial charge in [0.2, 0.25) is 11.8 Å². The average Bonchev–Trinajstić information content (AvgIpc) is 4.01. The molecule has 4 heterocycles. The number of carbonyl (C=O) groups is 4. The van der Waals surface area contributed by atoms with Crippen molar-refractivity contribution in [1.82, 2.24) is 55.7 Å². The van der Waals surface area contributed by atoms with Gasteiger partial charge in [-0.2, -0.15) is 5.10 Å². The fourth-order valence-electron chi connectivity index (χ4n) is 9.70. The molecule has 5 aromatic rings. The van der Waals surface area contributed by atoms with Crippen molar-refractivity contribution in [3.63, 3.8) is 0 Å². The molecule has 2 aliphatic carbocycles. The Bertz CT molecular complexity index is 2730. The number of carboxylic acid groups (broad SMARTS) is 1. The van der Waals surface area contributed by atoms with Gasteiger partial charge in [0.25, 0.3) is 17.3 Å². The number of phenolic OH excluding ortho intramolecular Hbond substituents is 1. The summed E-state index contributed by atoms with van der Waals surface area (Å²) < 4.78 is 16.3. The molecule has 3 fully saturated rings. The van der Waals surface area contributed by atoms with Crippen molar-refractivity contribution in [3.05, 3.63) is 93.4 Å². The van der Waals surface area contributed by atoms with E-state index in [1.807, 2.05) is 0 Å². The highest BCUT2D eigenvalue weighted by Gasteiger charge is 2.57. The maximum absolute atomic E-state index is 13.6. The lowest BCUT2D eigenvalue weighted by Gasteiger charge is -2.48. The zero-order valence-corrected chi connectivity index (χ0v) is 38.9. The topological polar surface area (TPSA) is 320 Å². The van der Waals surface area contributed by atoms with Crippen LogP contribution in [0.2, 0.25) is 0 Å². The molecule has 374 valence electrons. The number of benzene rings is 2. The lowest BCUT2D eigenvalue weighted by atomic mass is 9.87. The maximum atomic E-state index is 13.6. The van der Waals surface area contributed by atoms with Crippen molar-refractivity contribution in [2.45, 2.75) is 152 Å². The predicted octanol–water partition coefficient (Wildman–Crippen LogP) is 0.709. The molecule has 3 aliphatic rings. The number of ether oxygens (including phenoxy) is 2. The second-order valence-electron chi connectivity index (χ2n) is 18.6. The maximum Gasteiger partial charge on any atom is 0.364 e. The first-order chi connectivity index (χ1) is 33.6. The van der Waals surface area contributed by atoms with Crippen LogP contribution in [0.5, 0.6) is 5.75 Å². The Hall–Kier alpha value is -6.66. The van der Waals surface area contributed by atoms with E-state index in [0.29, 0.717) is 46.9 Å². The smallest absolute Gasteiger partial charge is 0.364 e. The highest BCUT2D eigenvalue weighted by atomic mass is 16.7. The van der Waals surface area contributed by atoms with Crippen LogP contribution >= 0.6 is 0 Å². The minimum Gasteiger partial charge on any atom is -0.507 e. The molecule has 70 heavy (non-hydrogen) atoms. The van der Waals surface area contributed by atoms with E-state index >= 15 is 0 Å². The van der Waals surface area contributed by atoms with Crippen LogP contribution in [-0.2, 0) is 43.5 Å². The number of aliphatic hydroxyl groups excluding tert-OH is 3. The Morgan fingerprint density at radius 1 is 0.900 bits per heavy atom. The third kappa shape index (κ3) is 11.3. The highest BCUT2D eigenvalue weighted by molar-refractivity contribution is 5.95. The first kappa shape index (κ1) is 49.8. The number of aliphatic hydroxyl groups is 3. The minimum absolute atomic E-state index is 0.00112. The summed E-state index contributed by atoms with van der Waals surface area (Å²) in [5.41, 5.74) is 1.84. The number of nitrogens with one attached hydrogen (secondary N) is 3. The lowest BCUT2D eigenvalue weighted by molar-refractivity contribution is -0.325. The molecular weight excluding hydrogens is 911 g/mol. The number of aromatic hydroxyl groups is 1. The molecule has 0 bridgehead atoms. The van der Waals surface area contributed by atoms with Gasteiger partial charge in [-0.25, -0.2) is 18.8 Å². The fourth-order valence-corrected chi connectivity index (χ4v) is 9.70. The van der Waals surface area contributed by atoms with Crippen LogP contribution in [0.4, 0.5) is 0 Å². The first-order valence-corrected chi connectivity index (χ1v) is 23.6. The van der Waals surface area contributed by atoms with Crippen molar-refractivity contribution in [1.29, 1.82) is 0 Å². The number of aliphatic carboxylic acids is 1. The number of hydrogen-bond donors (Lipinski definition) is 8. The normalized spacial score (nSPS) is 23.9. The molecule has 8 rings (SSSR count). The van der Waals surface area contributed by atoms with Crippen LogP contribution in [0.3, 0.4) is 0 Å². The van der Waals surface area contributed by atoms with Crippen LogP contribution in [0.1, 0.15) is 103 Å². The van der Waals surface area contributed by atoms with Gasteiger partial charge in [-0.1, -0.05) is 60.7 Å². The summed E-state index contributed by atoms with van der Waals surface area (Å²) >= 11 is 0. The van der Waals surface area contributed by atoms with Gasteiger partial charge in [0.15, 0.2) is 0 Å². The van der Waals surface area contributed by atoms with E-state index in [9.17, 15) is 49.5 Å². The number of carbonyl (C=O) groups excluding carboxylic acids is 3. The number of carboxylic acids is 1. The number of fused-ring (bicyclic) bond motifs is 1.